The third kappa shape index (κ3) is 3.55. The van der Waals surface area contributed by atoms with E-state index in [1.807, 2.05) is 6.92 Å². The van der Waals surface area contributed by atoms with Crippen molar-refractivity contribution in [1.29, 1.82) is 0 Å². The van der Waals surface area contributed by atoms with Crippen molar-refractivity contribution in [2.24, 2.45) is 11.8 Å². The molecular formula is C15H26N2O. The molecule has 0 amide bonds. The van der Waals surface area contributed by atoms with Gasteiger partial charge in [-0.25, -0.2) is 0 Å². The molecule has 0 fully saturated rings. The van der Waals surface area contributed by atoms with E-state index in [0.29, 0.717) is 12.5 Å². The Morgan fingerprint density at radius 2 is 1.89 bits per heavy atom. The SMILES string of the molecule is CCOC(C(C)C)C(NN)c1ccc(C)c(C)c1. The van der Waals surface area contributed by atoms with Crippen molar-refractivity contribution in [3.8, 4) is 0 Å². The van der Waals surface area contributed by atoms with Gasteiger partial charge in [0.1, 0.15) is 0 Å². The van der Waals surface area contributed by atoms with Gasteiger partial charge in [0, 0.05) is 6.61 Å². The maximum Gasteiger partial charge on any atom is 0.0805 e. The van der Waals surface area contributed by atoms with Gasteiger partial charge in [-0.3, -0.25) is 11.3 Å². The summed E-state index contributed by atoms with van der Waals surface area (Å²) in [4.78, 5) is 0. The van der Waals surface area contributed by atoms with E-state index in [1.54, 1.807) is 0 Å². The number of hydrazine groups is 1. The highest BCUT2D eigenvalue weighted by Gasteiger charge is 2.25. The van der Waals surface area contributed by atoms with E-state index in [9.17, 15) is 0 Å². The van der Waals surface area contributed by atoms with Crippen molar-refractivity contribution in [3.05, 3.63) is 34.9 Å². The van der Waals surface area contributed by atoms with Gasteiger partial charge in [-0.05, 0) is 43.4 Å². The molecule has 0 radical (unpaired) electrons. The Morgan fingerprint density at radius 1 is 1.22 bits per heavy atom. The minimum absolute atomic E-state index is 0.0317. The van der Waals surface area contributed by atoms with Crippen molar-refractivity contribution < 1.29 is 4.74 Å². The van der Waals surface area contributed by atoms with E-state index in [0.717, 1.165) is 0 Å². The summed E-state index contributed by atoms with van der Waals surface area (Å²) in [5.74, 6) is 6.14. The predicted molar refractivity (Wildman–Crippen MR) is 76.2 cm³/mol. The van der Waals surface area contributed by atoms with Gasteiger partial charge in [0.15, 0.2) is 0 Å². The number of hydrogen-bond acceptors (Lipinski definition) is 3. The normalized spacial score (nSPS) is 14.8. The zero-order valence-corrected chi connectivity index (χ0v) is 12.2. The molecule has 0 heterocycles. The number of benzene rings is 1. The molecule has 3 N–H and O–H groups in total. The van der Waals surface area contributed by atoms with E-state index in [-0.39, 0.29) is 12.1 Å². The average Bonchev–Trinajstić information content (AvgIpc) is 2.33. The second kappa shape index (κ2) is 6.88. The second-order valence-corrected chi connectivity index (χ2v) is 5.15. The minimum atomic E-state index is 0.0317. The van der Waals surface area contributed by atoms with Gasteiger partial charge >= 0.3 is 0 Å². The van der Waals surface area contributed by atoms with E-state index < -0.39 is 0 Å². The van der Waals surface area contributed by atoms with Crippen LogP contribution in [0.1, 0.15) is 43.5 Å². The first-order valence-electron chi connectivity index (χ1n) is 6.66. The topological polar surface area (TPSA) is 47.3 Å². The summed E-state index contributed by atoms with van der Waals surface area (Å²) < 4.78 is 5.84. The molecule has 102 valence electrons. The minimum Gasteiger partial charge on any atom is -0.376 e. The summed E-state index contributed by atoms with van der Waals surface area (Å²) in [5.41, 5.74) is 6.68. The van der Waals surface area contributed by atoms with Crippen LogP contribution in [0.5, 0.6) is 0 Å². The number of hydrogen-bond donors (Lipinski definition) is 2. The number of rotatable bonds is 6. The Kier molecular flexibility index (Phi) is 5.79. The van der Waals surface area contributed by atoms with Gasteiger partial charge in [0.2, 0.25) is 0 Å². The molecular weight excluding hydrogens is 224 g/mol. The van der Waals surface area contributed by atoms with Crippen LogP contribution in [0.25, 0.3) is 0 Å². The van der Waals surface area contributed by atoms with E-state index in [2.05, 4.69) is 51.3 Å². The lowest BCUT2D eigenvalue weighted by atomic mass is 9.92. The first-order chi connectivity index (χ1) is 8.51. The fourth-order valence-electron chi connectivity index (χ4n) is 2.20. The Hall–Kier alpha value is -0.900. The summed E-state index contributed by atoms with van der Waals surface area (Å²) in [6.07, 6.45) is 0.0853. The molecule has 0 saturated heterocycles. The van der Waals surface area contributed by atoms with Crippen molar-refractivity contribution >= 4 is 0 Å². The highest BCUT2D eigenvalue weighted by Crippen LogP contribution is 2.25. The molecule has 0 aliphatic heterocycles. The molecule has 0 aliphatic rings. The van der Waals surface area contributed by atoms with Crippen LogP contribution in [-0.4, -0.2) is 12.7 Å². The first-order valence-corrected chi connectivity index (χ1v) is 6.66. The molecule has 1 aromatic carbocycles. The molecule has 18 heavy (non-hydrogen) atoms. The van der Waals surface area contributed by atoms with Crippen LogP contribution in [-0.2, 0) is 4.74 Å². The molecule has 1 rings (SSSR count). The maximum atomic E-state index is 5.84. The molecule has 1 aromatic rings. The molecule has 2 unspecified atom stereocenters. The third-order valence-electron chi connectivity index (χ3n) is 3.41. The highest BCUT2D eigenvalue weighted by atomic mass is 16.5. The summed E-state index contributed by atoms with van der Waals surface area (Å²) in [7, 11) is 0. The molecule has 0 bridgehead atoms. The summed E-state index contributed by atoms with van der Waals surface area (Å²) in [6.45, 7) is 11.3. The van der Waals surface area contributed by atoms with Crippen LogP contribution in [0.4, 0.5) is 0 Å². The third-order valence-corrected chi connectivity index (χ3v) is 3.41. The molecule has 2 atom stereocenters. The molecule has 0 saturated carbocycles. The molecule has 0 spiro atoms. The van der Waals surface area contributed by atoms with Crippen LogP contribution >= 0.6 is 0 Å². The standard InChI is InChI=1S/C15H26N2O/c1-6-18-15(10(2)3)14(17-16)13-8-7-11(4)12(5)9-13/h7-10,14-15,17H,6,16H2,1-5H3. The number of nitrogens with one attached hydrogen (secondary N) is 1. The molecule has 3 nitrogen and oxygen atoms in total. The summed E-state index contributed by atoms with van der Waals surface area (Å²) in [5, 5.41) is 0. The van der Waals surface area contributed by atoms with Crippen molar-refractivity contribution in [3.63, 3.8) is 0 Å². The van der Waals surface area contributed by atoms with Gasteiger partial charge in [0.05, 0.1) is 12.1 Å². The lowest BCUT2D eigenvalue weighted by Gasteiger charge is -2.30. The Balaban J connectivity index is 3.02. The van der Waals surface area contributed by atoms with E-state index in [1.165, 1.54) is 16.7 Å². The Bertz CT molecular complexity index is 377. The number of aryl methyl sites for hydroxylation is 2. The molecule has 0 aromatic heterocycles. The number of nitrogens with two attached hydrogens (primary N) is 1. The molecule has 3 heteroatoms. The zero-order chi connectivity index (χ0) is 13.7. The fraction of sp³-hybridized carbons (Fsp3) is 0.600. The lowest BCUT2D eigenvalue weighted by molar-refractivity contribution is 0.00276. The smallest absolute Gasteiger partial charge is 0.0805 e. The largest absolute Gasteiger partial charge is 0.376 e. The van der Waals surface area contributed by atoms with Crippen LogP contribution in [0.3, 0.4) is 0 Å². The van der Waals surface area contributed by atoms with Crippen LogP contribution in [0.15, 0.2) is 18.2 Å². The predicted octanol–water partition coefficient (Wildman–Crippen LogP) is 2.87. The van der Waals surface area contributed by atoms with E-state index in [4.69, 9.17) is 10.6 Å². The first kappa shape index (κ1) is 15.2. The highest BCUT2D eigenvalue weighted by molar-refractivity contribution is 5.32. The second-order valence-electron chi connectivity index (χ2n) is 5.15. The fourth-order valence-corrected chi connectivity index (χ4v) is 2.20. The Morgan fingerprint density at radius 3 is 2.33 bits per heavy atom. The number of ether oxygens (including phenoxy) is 1. The summed E-state index contributed by atoms with van der Waals surface area (Å²) >= 11 is 0. The van der Waals surface area contributed by atoms with Crippen LogP contribution < -0.4 is 11.3 Å². The molecule has 0 aliphatic carbocycles. The van der Waals surface area contributed by atoms with Gasteiger partial charge in [0.25, 0.3) is 0 Å². The zero-order valence-electron chi connectivity index (χ0n) is 12.2. The van der Waals surface area contributed by atoms with Crippen molar-refractivity contribution in [2.75, 3.05) is 6.61 Å². The quantitative estimate of drug-likeness (QED) is 0.603. The van der Waals surface area contributed by atoms with Crippen molar-refractivity contribution in [1.82, 2.24) is 5.43 Å². The maximum absolute atomic E-state index is 5.84. The van der Waals surface area contributed by atoms with E-state index >= 15 is 0 Å². The van der Waals surface area contributed by atoms with Gasteiger partial charge < -0.3 is 4.74 Å². The van der Waals surface area contributed by atoms with Crippen molar-refractivity contribution in [2.45, 2.75) is 46.8 Å². The average molecular weight is 250 g/mol. The van der Waals surface area contributed by atoms with Gasteiger partial charge in [-0.1, -0.05) is 32.0 Å². The van der Waals surface area contributed by atoms with Gasteiger partial charge in [-0.2, -0.15) is 0 Å². The van der Waals surface area contributed by atoms with Crippen LogP contribution in [0, 0.1) is 19.8 Å². The monoisotopic (exact) mass is 250 g/mol. The Labute approximate surface area is 111 Å². The lowest BCUT2D eigenvalue weighted by Crippen LogP contribution is -2.40. The van der Waals surface area contributed by atoms with Crippen LogP contribution in [0.2, 0.25) is 0 Å². The summed E-state index contributed by atoms with van der Waals surface area (Å²) in [6, 6.07) is 6.48. The van der Waals surface area contributed by atoms with Gasteiger partial charge in [-0.15, -0.1) is 0 Å².